The Bertz CT molecular complexity index is 204. The van der Waals surface area contributed by atoms with Gasteiger partial charge in [0.2, 0.25) is 0 Å². The van der Waals surface area contributed by atoms with Gasteiger partial charge in [0, 0.05) is 19.3 Å². The molecule has 4 unspecified atom stereocenters. The minimum absolute atomic E-state index is 0.368. The second-order valence-electron chi connectivity index (χ2n) is 5.45. The summed E-state index contributed by atoms with van der Waals surface area (Å²) >= 11 is 0. The summed E-state index contributed by atoms with van der Waals surface area (Å²) in [6, 6.07) is 0.558. The maximum absolute atomic E-state index is 9.27. The summed E-state index contributed by atoms with van der Waals surface area (Å²) in [5, 5.41) is 12.9. The number of hydrogen-bond acceptors (Lipinski definition) is 3. The highest BCUT2D eigenvalue weighted by Gasteiger charge is 2.28. The molecular formula is C13H25NO2. The van der Waals surface area contributed by atoms with E-state index in [9.17, 15) is 5.11 Å². The Labute approximate surface area is 98.6 Å². The lowest BCUT2D eigenvalue weighted by molar-refractivity contribution is 0.171. The molecule has 3 nitrogen and oxygen atoms in total. The fourth-order valence-electron chi connectivity index (χ4n) is 3.07. The van der Waals surface area contributed by atoms with Crippen molar-refractivity contribution in [2.45, 2.75) is 38.6 Å². The third-order valence-electron chi connectivity index (χ3n) is 4.43. The lowest BCUT2D eigenvalue weighted by Gasteiger charge is -2.24. The highest BCUT2D eigenvalue weighted by molar-refractivity contribution is 4.82. The standard InChI is InChI=1S/C13H25NO2/c1-10(13-5-6-16-9-13)14-7-11-3-2-4-12(11)8-15/h10-15H,2-9H2,1H3. The van der Waals surface area contributed by atoms with Gasteiger partial charge in [-0.3, -0.25) is 0 Å². The summed E-state index contributed by atoms with van der Waals surface area (Å²) in [4.78, 5) is 0. The van der Waals surface area contributed by atoms with Crippen molar-refractivity contribution in [2.75, 3.05) is 26.4 Å². The van der Waals surface area contributed by atoms with E-state index in [2.05, 4.69) is 12.2 Å². The average molecular weight is 227 g/mol. The first-order valence-electron chi connectivity index (χ1n) is 6.73. The van der Waals surface area contributed by atoms with E-state index in [4.69, 9.17) is 4.74 Å². The molecule has 4 atom stereocenters. The van der Waals surface area contributed by atoms with Gasteiger partial charge in [0.25, 0.3) is 0 Å². The van der Waals surface area contributed by atoms with Gasteiger partial charge in [0.1, 0.15) is 0 Å². The third-order valence-corrected chi connectivity index (χ3v) is 4.43. The molecule has 1 aliphatic heterocycles. The Balaban J connectivity index is 1.69. The zero-order valence-electron chi connectivity index (χ0n) is 10.3. The van der Waals surface area contributed by atoms with E-state index in [1.165, 1.54) is 25.7 Å². The van der Waals surface area contributed by atoms with Crippen molar-refractivity contribution >= 4 is 0 Å². The largest absolute Gasteiger partial charge is 0.396 e. The Morgan fingerprint density at radius 3 is 2.81 bits per heavy atom. The number of rotatable bonds is 5. The topological polar surface area (TPSA) is 41.5 Å². The Morgan fingerprint density at radius 1 is 1.31 bits per heavy atom. The van der Waals surface area contributed by atoms with Crippen molar-refractivity contribution in [3.05, 3.63) is 0 Å². The summed E-state index contributed by atoms with van der Waals surface area (Å²) in [6.45, 7) is 5.56. The van der Waals surface area contributed by atoms with Crippen molar-refractivity contribution in [2.24, 2.45) is 17.8 Å². The first-order chi connectivity index (χ1) is 7.81. The Hall–Kier alpha value is -0.120. The summed E-state index contributed by atoms with van der Waals surface area (Å²) in [5.74, 6) is 1.92. The third kappa shape index (κ3) is 2.96. The summed E-state index contributed by atoms with van der Waals surface area (Å²) in [5.41, 5.74) is 0. The van der Waals surface area contributed by atoms with Gasteiger partial charge >= 0.3 is 0 Å². The molecule has 1 heterocycles. The lowest BCUT2D eigenvalue weighted by Crippen LogP contribution is -2.38. The van der Waals surface area contributed by atoms with Gasteiger partial charge in [-0.05, 0) is 50.5 Å². The molecule has 0 bridgehead atoms. The predicted molar refractivity (Wildman–Crippen MR) is 64.3 cm³/mol. The van der Waals surface area contributed by atoms with Gasteiger partial charge < -0.3 is 15.2 Å². The van der Waals surface area contributed by atoms with Gasteiger partial charge in [0.15, 0.2) is 0 Å². The van der Waals surface area contributed by atoms with E-state index in [0.717, 1.165) is 19.8 Å². The molecule has 2 aliphatic rings. The summed E-state index contributed by atoms with van der Waals surface area (Å²) in [6.07, 6.45) is 4.98. The van der Waals surface area contributed by atoms with E-state index in [-0.39, 0.29) is 0 Å². The second kappa shape index (κ2) is 5.99. The van der Waals surface area contributed by atoms with Crippen LogP contribution in [0.5, 0.6) is 0 Å². The van der Waals surface area contributed by atoms with Gasteiger partial charge in [-0.15, -0.1) is 0 Å². The van der Waals surface area contributed by atoms with Crippen LogP contribution in [0.15, 0.2) is 0 Å². The van der Waals surface area contributed by atoms with Gasteiger partial charge in [-0.1, -0.05) is 6.42 Å². The molecule has 1 saturated carbocycles. The molecule has 0 aromatic rings. The van der Waals surface area contributed by atoms with Gasteiger partial charge in [-0.2, -0.15) is 0 Å². The van der Waals surface area contributed by atoms with E-state index < -0.39 is 0 Å². The quantitative estimate of drug-likeness (QED) is 0.746. The number of ether oxygens (including phenoxy) is 1. The van der Waals surface area contributed by atoms with Crippen molar-refractivity contribution in [3.8, 4) is 0 Å². The van der Waals surface area contributed by atoms with E-state index in [1.54, 1.807) is 0 Å². The fraction of sp³-hybridized carbons (Fsp3) is 1.00. The zero-order chi connectivity index (χ0) is 11.4. The van der Waals surface area contributed by atoms with E-state index in [0.29, 0.717) is 30.4 Å². The summed E-state index contributed by atoms with van der Waals surface area (Å²) < 4.78 is 5.41. The first kappa shape index (κ1) is 12.3. The molecule has 0 radical (unpaired) electrons. The minimum atomic E-state index is 0.368. The number of nitrogens with one attached hydrogen (secondary N) is 1. The number of aliphatic hydroxyl groups is 1. The molecule has 0 aromatic heterocycles. The predicted octanol–water partition coefficient (Wildman–Crippen LogP) is 1.41. The molecule has 16 heavy (non-hydrogen) atoms. The van der Waals surface area contributed by atoms with Crippen molar-refractivity contribution in [1.82, 2.24) is 5.32 Å². The zero-order valence-corrected chi connectivity index (χ0v) is 10.3. The van der Waals surface area contributed by atoms with Crippen LogP contribution in [-0.2, 0) is 4.74 Å². The minimum Gasteiger partial charge on any atom is -0.396 e. The van der Waals surface area contributed by atoms with Crippen LogP contribution in [0.1, 0.15) is 32.6 Å². The Kier molecular flexibility index (Phi) is 4.62. The Morgan fingerprint density at radius 2 is 2.12 bits per heavy atom. The smallest absolute Gasteiger partial charge is 0.0509 e. The van der Waals surface area contributed by atoms with Crippen molar-refractivity contribution in [1.29, 1.82) is 0 Å². The molecule has 1 aliphatic carbocycles. The van der Waals surface area contributed by atoms with Crippen LogP contribution in [0.25, 0.3) is 0 Å². The van der Waals surface area contributed by atoms with Crippen LogP contribution in [0.2, 0.25) is 0 Å². The molecule has 94 valence electrons. The van der Waals surface area contributed by atoms with Crippen molar-refractivity contribution < 1.29 is 9.84 Å². The van der Waals surface area contributed by atoms with Crippen LogP contribution in [0.4, 0.5) is 0 Å². The van der Waals surface area contributed by atoms with Crippen LogP contribution in [-0.4, -0.2) is 37.5 Å². The molecule has 2 fully saturated rings. The van der Waals surface area contributed by atoms with Crippen LogP contribution in [0, 0.1) is 17.8 Å². The van der Waals surface area contributed by atoms with Crippen LogP contribution in [0.3, 0.4) is 0 Å². The van der Waals surface area contributed by atoms with E-state index in [1.807, 2.05) is 0 Å². The summed E-state index contributed by atoms with van der Waals surface area (Å²) in [7, 11) is 0. The fourth-order valence-corrected chi connectivity index (χ4v) is 3.07. The van der Waals surface area contributed by atoms with Gasteiger partial charge in [-0.25, -0.2) is 0 Å². The second-order valence-corrected chi connectivity index (χ2v) is 5.45. The molecule has 0 spiro atoms. The van der Waals surface area contributed by atoms with Gasteiger partial charge in [0.05, 0.1) is 6.61 Å². The maximum atomic E-state index is 9.27. The molecule has 0 aromatic carbocycles. The monoisotopic (exact) mass is 227 g/mol. The molecule has 2 N–H and O–H groups in total. The molecule has 1 saturated heterocycles. The number of hydrogen-bond donors (Lipinski definition) is 2. The van der Waals surface area contributed by atoms with Crippen molar-refractivity contribution in [3.63, 3.8) is 0 Å². The van der Waals surface area contributed by atoms with Crippen LogP contribution >= 0.6 is 0 Å². The highest BCUT2D eigenvalue weighted by Crippen LogP contribution is 2.31. The molecule has 3 heteroatoms. The lowest BCUT2D eigenvalue weighted by atomic mass is 9.95. The number of aliphatic hydroxyl groups excluding tert-OH is 1. The highest BCUT2D eigenvalue weighted by atomic mass is 16.5. The van der Waals surface area contributed by atoms with Crippen LogP contribution < -0.4 is 5.32 Å². The molecule has 0 amide bonds. The SMILES string of the molecule is CC(NCC1CCCC1CO)C1CCOC1. The first-order valence-corrected chi connectivity index (χ1v) is 6.73. The average Bonchev–Trinajstić information content (AvgIpc) is 2.96. The maximum Gasteiger partial charge on any atom is 0.0509 e. The molecular weight excluding hydrogens is 202 g/mol. The van der Waals surface area contributed by atoms with E-state index >= 15 is 0 Å². The normalized spacial score (nSPS) is 36.8. The molecule has 2 rings (SSSR count).